The lowest BCUT2D eigenvalue weighted by Gasteiger charge is -2.40. The molecule has 0 spiro atoms. The number of carbonyl (C=O) groups excluding carboxylic acids is 1. The predicted octanol–water partition coefficient (Wildman–Crippen LogP) is 16.4. The van der Waals surface area contributed by atoms with Crippen LogP contribution in [0.1, 0.15) is 219 Å². The Bertz CT molecular complexity index is 1800. The van der Waals surface area contributed by atoms with Gasteiger partial charge in [-0.15, -0.1) is 0 Å². The van der Waals surface area contributed by atoms with E-state index >= 15 is 0 Å². The summed E-state index contributed by atoms with van der Waals surface area (Å²) in [4.78, 5) is 13.1. The highest BCUT2D eigenvalue weighted by Gasteiger charge is 2.44. The number of hydrogen-bond acceptors (Lipinski definition) is 8. The minimum Gasteiger partial charge on any atom is -0.394 e. The van der Waals surface area contributed by atoms with Crippen molar-refractivity contribution in [3.8, 4) is 0 Å². The van der Waals surface area contributed by atoms with Crippen LogP contribution in [0.25, 0.3) is 0 Å². The first-order valence-electron chi connectivity index (χ1n) is 31.2. The Morgan fingerprint density at radius 1 is 0.443 bits per heavy atom. The van der Waals surface area contributed by atoms with Gasteiger partial charge in [0.05, 0.1) is 25.4 Å². The number of aliphatic hydroxyl groups is 5. The topological polar surface area (TPSA) is 149 Å². The van der Waals surface area contributed by atoms with E-state index in [1.807, 2.05) is 6.08 Å². The van der Waals surface area contributed by atoms with Gasteiger partial charge in [0, 0.05) is 6.42 Å². The van der Waals surface area contributed by atoms with Gasteiger partial charge in [-0.3, -0.25) is 4.79 Å². The average Bonchev–Trinajstić information content (AvgIpc) is 3.46. The molecule has 1 aliphatic rings. The van der Waals surface area contributed by atoms with Crippen molar-refractivity contribution in [2.24, 2.45) is 0 Å². The molecule has 7 unspecified atom stereocenters. The Morgan fingerprint density at radius 3 is 1.22 bits per heavy atom. The number of carbonyl (C=O) groups is 1. The van der Waals surface area contributed by atoms with Gasteiger partial charge in [0.15, 0.2) is 6.29 Å². The molecule has 1 saturated heterocycles. The van der Waals surface area contributed by atoms with E-state index < -0.39 is 49.5 Å². The molecule has 0 aliphatic carbocycles. The highest BCUT2D eigenvalue weighted by molar-refractivity contribution is 5.76. The number of ether oxygens (including phenoxy) is 2. The molecule has 79 heavy (non-hydrogen) atoms. The molecule has 0 aromatic carbocycles. The Labute approximate surface area is 482 Å². The van der Waals surface area contributed by atoms with Crippen LogP contribution >= 0.6 is 0 Å². The van der Waals surface area contributed by atoms with Crippen LogP contribution < -0.4 is 5.32 Å². The Morgan fingerprint density at radius 2 is 0.797 bits per heavy atom. The molecular formula is C70H113NO8. The molecule has 1 amide bonds. The second kappa shape index (κ2) is 57.1. The van der Waals surface area contributed by atoms with Crippen LogP contribution in [0.2, 0.25) is 0 Å². The van der Waals surface area contributed by atoms with Crippen LogP contribution in [0.5, 0.6) is 0 Å². The fourth-order valence-corrected chi connectivity index (χ4v) is 8.71. The summed E-state index contributed by atoms with van der Waals surface area (Å²) in [5.41, 5.74) is 0. The molecule has 1 heterocycles. The summed E-state index contributed by atoms with van der Waals surface area (Å²) in [7, 11) is 0. The van der Waals surface area contributed by atoms with Crippen LogP contribution in [0.4, 0.5) is 0 Å². The molecule has 1 fully saturated rings. The fourth-order valence-electron chi connectivity index (χ4n) is 8.71. The molecule has 0 aromatic heterocycles. The number of allylic oxidation sites excluding steroid dienone is 25. The maximum Gasteiger partial charge on any atom is 0.220 e. The Balaban J connectivity index is 2.26. The van der Waals surface area contributed by atoms with Gasteiger partial charge in [0.25, 0.3) is 0 Å². The SMILES string of the molecule is CC/C=C\C/C=C\C/C=C\C/C=C\C/C=C\C/C=C\C/C=C\C/C=C\C/C=C\C/C=C\C/C=C\CCCCCC(=O)NC(COC1OC(CO)C(O)C(O)C1O)C(O)/C=C/CC/C=C/CCCCCCCCCCCCCCC. The molecule has 9 nitrogen and oxygen atoms in total. The quantitative estimate of drug-likeness (QED) is 0.0261. The van der Waals surface area contributed by atoms with Crippen LogP contribution in [0, 0.1) is 0 Å². The maximum absolute atomic E-state index is 13.1. The average molecular weight is 1100 g/mol. The molecular weight excluding hydrogens is 983 g/mol. The van der Waals surface area contributed by atoms with Gasteiger partial charge in [0.2, 0.25) is 5.91 Å². The summed E-state index contributed by atoms with van der Waals surface area (Å²) in [5, 5.41) is 54.5. The van der Waals surface area contributed by atoms with Crippen LogP contribution in [0.15, 0.2) is 158 Å². The number of nitrogens with one attached hydrogen (secondary N) is 1. The normalized spacial score (nSPS) is 19.7. The molecule has 0 aromatic rings. The van der Waals surface area contributed by atoms with E-state index in [2.05, 4.69) is 165 Å². The number of amides is 1. The van der Waals surface area contributed by atoms with Crippen LogP contribution in [-0.2, 0) is 14.3 Å². The third-order valence-electron chi connectivity index (χ3n) is 13.6. The Kier molecular flexibility index (Phi) is 52.6. The molecule has 0 bridgehead atoms. The fraction of sp³-hybridized carbons (Fsp3) is 0.614. The molecule has 9 heteroatoms. The lowest BCUT2D eigenvalue weighted by Crippen LogP contribution is -2.60. The van der Waals surface area contributed by atoms with E-state index in [0.717, 1.165) is 109 Å². The van der Waals surface area contributed by atoms with Crippen molar-refractivity contribution in [1.82, 2.24) is 5.32 Å². The third kappa shape index (κ3) is 46.2. The largest absolute Gasteiger partial charge is 0.394 e. The highest BCUT2D eigenvalue weighted by Crippen LogP contribution is 2.23. The molecule has 446 valence electrons. The van der Waals surface area contributed by atoms with Crippen LogP contribution in [0.3, 0.4) is 0 Å². The summed E-state index contributed by atoms with van der Waals surface area (Å²) < 4.78 is 11.2. The molecule has 6 N–H and O–H groups in total. The smallest absolute Gasteiger partial charge is 0.220 e. The van der Waals surface area contributed by atoms with E-state index in [4.69, 9.17) is 9.47 Å². The highest BCUT2D eigenvalue weighted by atomic mass is 16.7. The van der Waals surface area contributed by atoms with Crippen molar-refractivity contribution in [3.63, 3.8) is 0 Å². The van der Waals surface area contributed by atoms with Crippen molar-refractivity contribution >= 4 is 5.91 Å². The first kappa shape index (κ1) is 72.8. The van der Waals surface area contributed by atoms with Crippen molar-refractivity contribution in [2.75, 3.05) is 13.2 Å². The maximum atomic E-state index is 13.1. The first-order chi connectivity index (χ1) is 38.8. The summed E-state index contributed by atoms with van der Waals surface area (Å²) in [6, 6.07) is -0.853. The van der Waals surface area contributed by atoms with E-state index in [-0.39, 0.29) is 18.9 Å². The lowest BCUT2D eigenvalue weighted by molar-refractivity contribution is -0.302. The summed E-state index contributed by atoms with van der Waals surface area (Å²) in [5.74, 6) is -0.225. The van der Waals surface area contributed by atoms with E-state index in [1.54, 1.807) is 6.08 Å². The summed E-state index contributed by atoms with van der Waals surface area (Å²) in [6.45, 7) is 3.62. The zero-order chi connectivity index (χ0) is 57.2. The van der Waals surface area contributed by atoms with E-state index in [0.29, 0.717) is 6.42 Å². The number of unbranched alkanes of at least 4 members (excludes halogenated alkanes) is 17. The van der Waals surface area contributed by atoms with Gasteiger partial charge in [-0.25, -0.2) is 0 Å². The lowest BCUT2D eigenvalue weighted by atomic mass is 9.99. The van der Waals surface area contributed by atoms with Gasteiger partial charge in [-0.05, 0) is 116 Å². The Hall–Kier alpha value is -4.19. The molecule has 1 aliphatic heterocycles. The van der Waals surface area contributed by atoms with Gasteiger partial charge in [0.1, 0.15) is 24.4 Å². The number of rotatable bonds is 51. The zero-order valence-electron chi connectivity index (χ0n) is 49.6. The summed E-state index contributed by atoms with van der Waals surface area (Å²) >= 11 is 0. The standard InChI is InChI=1S/C70H113NO8/c1-3-5-7-9-11-13-15-17-19-21-23-24-25-26-27-28-29-30-31-32-33-34-35-36-37-38-39-40-42-44-46-48-50-52-54-56-58-60-66(74)71-63(62-78-70-69(77)68(76)67(75)65(61-72)79-70)64(73)59-57-55-53-51-49-47-45-43-41-22-20-18-16-14-12-10-8-6-4-2/h5,7,11,13,17,19,23-24,26-27,29-30,32-33,35-36,38-39,42,44,48-51,57,59,63-65,67-70,72-73,75-77H,3-4,6,8-10,12,14-16,18,20-22,25,28,31,34,37,40-41,43,45-47,52-56,58,60-62H2,1-2H3,(H,71,74)/b7-5-,13-11-,19-17-,24-23-,27-26-,30-29-,33-32-,36-35-,39-38-,44-42-,50-48-,51-49+,59-57+. The minimum atomic E-state index is -1.59. The van der Waals surface area contributed by atoms with Crippen molar-refractivity contribution in [2.45, 2.75) is 262 Å². The predicted molar refractivity (Wildman–Crippen MR) is 336 cm³/mol. The van der Waals surface area contributed by atoms with Gasteiger partial charge < -0.3 is 40.3 Å². The van der Waals surface area contributed by atoms with Crippen molar-refractivity contribution < 1.29 is 39.8 Å². The monoisotopic (exact) mass is 1100 g/mol. The second-order valence-corrected chi connectivity index (χ2v) is 20.8. The first-order valence-corrected chi connectivity index (χ1v) is 31.2. The molecule has 0 radical (unpaired) electrons. The van der Waals surface area contributed by atoms with E-state index in [1.165, 1.54) is 83.5 Å². The minimum absolute atomic E-state index is 0.225. The van der Waals surface area contributed by atoms with Crippen molar-refractivity contribution in [1.29, 1.82) is 0 Å². The van der Waals surface area contributed by atoms with Crippen molar-refractivity contribution in [3.05, 3.63) is 158 Å². The second-order valence-electron chi connectivity index (χ2n) is 20.8. The molecule has 1 rings (SSSR count). The van der Waals surface area contributed by atoms with Gasteiger partial charge in [-0.2, -0.15) is 0 Å². The van der Waals surface area contributed by atoms with E-state index in [9.17, 15) is 30.3 Å². The molecule has 7 atom stereocenters. The van der Waals surface area contributed by atoms with Crippen LogP contribution in [-0.4, -0.2) is 87.5 Å². The number of hydrogen-bond donors (Lipinski definition) is 6. The van der Waals surface area contributed by atoms with Gasteiger partial charge >= 0.3 is 0 Å². The number of aliphatic hydroxyl groups excluding tert-OH is 5. The third-order valence-corrected chi connectivity index (χ3v) is 13.6. The van der Waals surface area contributed by atoms with Gasteiger partial charge in [-0.1, -0.05) is 255 Å². The zero-order valence-corrected chi connectivity index (χ0v) is 49.6. The summed E-state index contributed by atoms with van der Waals surface area (Å²) in [6.07, 6.45) is 83.1. The molecule has 0 saturated carbocycles.